The number of sulfonamides is 1. The van der Waals surface area contributed by atoms with Gasteiger partial charge in [0.1, 0.15) is 5.71 Å². The van der Waals surface area contributed by atoms with Crippen LogP contribution in [-0.4, -0.2) is 53.8 Å². The van der Waals surface area contributed by atoms with Crippen molar-refractivity contribution in [2.75, 3.05) is 24.2 Å². The molecule has 2 aliphatic heterocycles. The van der Waals surface area contributed by atoms with Gasteiger partial charge in [-0.25, -0.2) is 8.42 Å². The van der Waals surface area contributed by atoms with Gasteiger partial charge in [0.2, 0.25) is 10.0 Å². The molecule has 1 saturated heterocycles. The van der Waals surface area contributed by atoms with Crippen LogP contribution in [0.1, 0.15) is 25.5 Å². The first kappa shape index (κ1) is 16.8. The van der Waals surface area contributed by atoms with Gasteiger partial charge in [0.15, 0.2) is 5.60 Å². The Balaban J connectivity index is 1.65. The highest BCUT2D eigenvalue weighted by Crippen LogP contribution is 2.35. The number of carbonyl (C=O) groups is 1. The molecule has 1 fully saturated rings. The molecule has 2 aliphatic rings. The number of amides is 1. The molecule has 1 N–H and O–H groups in total. The lowest BCUT2D eigenvalue weighted by molar-refractivity contribution is -0.110. The minimum Gasteiger partial charge on any atom is -0.387 e. The summed E-state index contributed by atoms with van der Waals surface area (Å²) in [6.07, 6.45) is 2.48. The Hall–Kier alpha value is -2.00. The van der Waals surface area contributed by atoms with Gasteiger partial charge in [0.25, 0.3) is 5.91 Å². The van der Waals surface area contributed by atoms with Gasteiger partial charge in [0.05, 0.1) is 23.7 Å². The molecular formula is C15H20N4O4S. The van der Waals surface area contributed by atoms with Gasteiger partial charge in [-0.3, -0.25) is 9.78 Å². The molecule has 0 unspecified atom stereocenters. The average Bonchev–Trinajstić information content (AvgIpc) is 3.18. The van der Waals surface area contributed by atoms with Crippen LogP contribution in [0, 0.1) is 6.92 Å². The summed E-state index contributed by atoms with van der Waals surface area (Å²) in [4.78, 5) is 22.0. The fourth-order valence-electron chi connectivity index (χ4n) is 2.90. The Morgan fingerprint density at radius 1 is 1.50 bits per heavy atom. The van der Waals surface area contributed by atoms with Gasteiger partial charge in [-0.1, -0.05) is 5.16 Å². The molecule has 0 radical (unpaired) electrons. The maximum absolute atomic E-state index is 12.4. The maximum Gasteiger partial charge on any atom is 0.273 e. The molecule has 0 saturated carbocycles. The van der Waals surface area contributed by atoms with Crippen LogP contribution in [0.2, 0.25) is 0 Å². The van der Waals surface area contributed by atoms with Crippen LogP contribution in [0.15, 0.2) is 23.5 Å². The van der Waals surface area contributed by atoms with E-state index in [4.69, 9.17) is 4.84 Å². The van der Waals surface area contributed by atoms with E-state index < -0.39 is 15.6 Å². The molecule has 1 spiro atoms. The normalized spacial score (nSPS) is 24.0. The molecule has 3 rings (SSSR count). The van der Waals surface area contributed by atoms with Crippen LogP contribution >= 0.6 is 0 Å². The number of aryl methyl sites for hydroxylation is 1. The van der Waals surface area contributed by atoms with Gasteiger partial charge in [0, 0.05) is 25.6 Å². The van der Waals surface area contributed by atoms with Crippen molar-refractivity contribution in [3.63, 3.8) is 0 Å². The second-order valence-corrected chi connectivity index (χ2v) is 8.32. The molecule has 0 aliphatic carbocycles. The zero-order chi connectivity index (χ0) is 17.4. The quantitative estimate of drug-likeness (QED) is 0.867. The summed E-state index contributed by atoms with van der Waals surface area (Å²) >= 11 is 0. The summed E-state index contributed by atoms with van der Waals surface area (Å²) in [5.41, 5.74) is 0.877. The summed E-state index contributed by atoms with van der Waals surface area (Å²) in [5.74, 6) is -0.294. The van der Waals surface area contributed by atoms with Crippen molar-refractivity contribution >= 4 is 27.3 Å². The molecule has 0 bridgehead atoms. The van der Waals surface area contributed by atoms with E-state index in [1.165, 1.54) is 4.31 Å². The third-order valence-electron chi connectivity index (χ3n) is 4.40. The lowest BCUT2D eigenvalue weighted by Crippen LogP contribution is -2.38. The number of rotatable bonds is 4. The predicted octanol–water partition coefficient (Wildman–Crippen LogP) is 0.899. The van der Waals surface area contributed by atoms with Crippen molar-refractivity contribution in [2.45, 2.75) is 32.3 Å². The van der Waals surface area contributed by atoms with E-state index in [-0.39, 0.29) is 23.9 Å². The molecule has 1 atom stereocenters. The van der Waals surface area contributed by atoms with Crippen molar-refractivity contribution in [1.29, 1.82) is 0 Å². The van der Waals surface area contributed by atoms with Crippen molar-refractivity contribution in [3.8, 4) is 0 Å². The molecule has 1 aromatic rings. The molecule has 1 aromatic heterocycles. The topological polar surface area (TPSA) is 101 Å². The van der Waals surface area contributed by atoms with Crippen LogP contribution in [0.5, 0.6) is 0 Å². The van der Waals surface area contributed by atoms with Crippen molar-refractivity contribution in [3.05, 3.63) is 24.0 Å². The average molecular weight is 352 g/mol. The number of oxime groups is 1. The molecule has 3 heterocycles. The number of pyridine rings is 1. The van der Waals surface area contributed by atoms with E-state index in [0.717, 1.165) is 0 Å². The van der Waals surface area contributed by atoms with E-state index >= 15 is 0 Å². The third-order valence-corrected chi connectivity index (χ3v) is 6.22. The lowest BCUT2D eigenvalue weighted by Gasteiger charge is -2.21. The van der Waals surface area contributed by atoms with Crippen LogP contribution in [0.25, 0.3) is 0 Å². The fourth-order valence-corrected chi connectivity index (χ4v) is 4.07. The number of nitrogens with zero attached hydrogens (tertiary/aromatic N) is 3. The van der Waals surface area contributed by atoms with Crippen molar-refractivity contribution in [2.24, 2.45) is 5.16 Å². The first-order valence-electron chi connectivity index (χ1n) is 7.81. The minimum atomic E-state index is -3.26. The Bertz CT molecular complexity index is 792. The van der Waals surface area contributed by atoms with Gasteiger partial charge in [-0.15, -0.1) is 0 Å². The number of anilines is 1. The predicted molar refractivity (Wildman–Crippen MR) is 89.1 cm³/mol. The highest BCUT2D eigenvalue weighted by molar-refractivity contribution is 7.89. The monoisotopic (exact) mass is 352 g/mol. The van der Waals surface area contributed by atoms with E-state index in [1.807, 2.05) is 0 Å². The highest BCUT2D eigenvalue weighted by atomic mass is 32.2. The standard InChI is InChI=1S/C15H20N4O4S/c1-3-24(21,22)19-8-6-15(10-19)9-13(18-23-15)14(20)17-12-5-4-7-16-11(12)2/h4-5,7H,3,6,8-10H2,1-2H3,(H,17,20)/t15-/m1/s1. The zero-order valence-corrected chi connectivity index (χ0v) is 14.5. The van der Waals surface area contributed by atoms with E-state index in [0.29, 0.717) is 30.8 Å². The summed E-state index contributed by atoms with van der Waals surface area (Å²) in [5, 5.41) is 6.67. The van der Waals surface area contributed by atoms with Crippen LogP contribution in [-0.2, 0) is 19.7 Å². The Kier molecular flexibility index (Phi) is 4.31. The molecule has 130 valence electrons. The Morgan fingerprint density at radius 3 is 3.00 bits per heavy atom. The second-order valence-electron chi connectivity index (χ2n) is 6.06. The third kappa shape index (κ3) is 3.13. The number of hydrogen-bond donors (Lipinski definition) is 1. The number of nitrogens with one attached hydrogen (secondary N) is 1. The molecule has 9 heteroatoms. The summed E-state index contributed by atoms with van der Waals surface area (Å²) in [6, 6.07) is 3.50. The highest BCUT2D eigenvalue weighted by Gasteiger charge is 2.49. The molecular weight excluding hydrogens is 332 g/mol. The Labute approximate surface area is 140 Å². The number of carbonyl (C=O) groups excluding carboxylic acids is 1. The molecule has 0 aromatic carbocycles. The van der Waals surface area contributed by atoms with E-state index in [9.17, 15) is 13.2 Å². The van der Waals surface area contributed by atoms with Gasteiger partial charge < -0.3 is 10.2 Å². The first-order chi connectivity index (χ1) is 11.4. The minimum absolute atomic E-state index is 0.0531. The van der Waals surface area contributed by atoms with Crippen molar-refractivity contribution in [1.82, 2.24) is 9.29 Å². The largest absolute Gasteiger partial charge is 0.387 e. The SMILES string of the molecule is CCS(=O)(=O)N1CC[C@@]2(CC(C(=O)Nc3cccnc3C)=NO2)C1. The van der Waals surface area contributed by atoms with Gasteiger partial charge >= 0.3 is 0 Å². The lowest BCUT2D eigenvalue weighted by atomic mass is 9.96. The molecule has 24 heavy (non-hydrogen) atoms. The van der Waals surface area contributed by atoms with Gasteiger partial charge in [-0.05, 0) is 26.0 Å². The van der Waals surface area contributed by atoms with Crippen LogP contribution in [0.3, 0.4) is 0 Å². The molecule has 8 nitrogen and oxygen atoms in total. The summed E-state index contributed by atoms with van der Waals surface area (Å²) < 4.78 is 25.4. The maximum atomic E-state index is 12.4. The van der Waals surface area contributed by atoms with Crippen molar-refractivity contribution < 1.29 is 18.0 Å². The zero-order valence-electron chi connectivity index (χ0n) is 13.7. The summed E-state index contributed by atoms with van der Waals surface area (Å²) in [7, 11) is -3.26. The smallest absolute Gasteiger partial charge is 0.273 e. The number of hydrogen-bond acceptors (Lipinski definition) is 6. The Morgan fingerprint density at radius 2 is 2.29 bits per heavy atom. The number of aromatic nitrogens is 1. The van der Waals surface area contributed by atoms with Gasteiger partial charge in [-0.2, -0.15) is 4.31 Å². The molecule has 1 amide bonds. The fraction of sp³-hybridized carbons (Fsp3) is 0.533. The van der Waals surface area contributed by atoms with Crippen LogP contribution < -0.4 is 5.32 Å². The first-order valence-corrected chi connectivity index (χ1v) is 9.42. The van der Waals surface area contributed by atoms with Crippen LogP contribution in [0.4, 0.5) is 5.69 Å². The van der Waals surface area contributed by atoms with E-state index in [2.05, 4.69) is 15.5 Å². The van der Waals surface area contributed by atoms with E-state index in [1.54, 1.807) is 32.2 Å². The summed E-state index contributed by atoms with van der Waals surface area (Å²) in [6.45, 7) is 4.04. The second kappa shape index (κ2) is 6.14.